The first kappa shape index (κ1) is 19.3. The summed E-state index contributed by atoms with van der Waals surface area (Å²) in [5.74, 6) is 1.39. The quantitative estimate of drug-likeness (QED) is 0.412. The van der Waals surface area contributed by atoms with Crippen LogP contribution in [0.5, 0.6) is 11.5 Å². The number of ether oxygens (including phenoxy) is 2. The van der Waals surface area contributed by atoms with E-state index in [0.29, 0.717) is 34.8 Å². The summed E-state index contributed by atoms with van der Waals surface area (Å²) in [6.07, 6.45) is 1.75. The zero-order valence-corrected chi connectivity index (χ0v) is 16.4. The molecule has 0 aromatic heterocycles. The van der Waals surface area contributed by atoms with Crippen LogP contribution >= 0.6 is 23.2 Å². The van der Waals surface area contributed by atoms with Gasteiger partial charge in [0.2, 0.25) is 0 Å². The molecule has 0 N–H and O–H groups in total. The summed E-state index contributed by atoms with van der Waals surface area (Å²) >= 11 is 12.0. The van der Waals surface area contributed by atoms with E-state index >= 15 is 0 Å². The third-order valence-electron chi connectivity index (χ3n) is 3.77. The van der Waals surface area contributed by atoms with E-state index < -0.39 is 0 Å². The minimum Gasteiger partial charge on any atom is -0.490 e. The number of rotatable bonds is 7. The van der Waals surface area contributed by atoms with Gasteiger partial charge in [0.1, 0.15) is 6.61 Å². The van der Waals surface area contributed by atoms with Crippen molar-refractivity contribution in [2.75, 3.05) is 6.61 Å². The molecule has 138 valence electrons. The van der Waals surface area contributed by atoms with Crippen LogP contribution in [-0.2, 0) is 6.61 Å². The maximum atomic E-state index is 6.03. The van der Waals surface area contributed by atoms with Crippen molar-refractivity contribution in [3.05, 3.63) is 87.9 Å². The fraction of sp³-hybridized carbons (Fsp3) is 0.136. The highest BCUT2D eigenvalue weighted by atomic mass is 35.5. The summed E-state index contributed by atoms with van der Waals surface area (Å²) < 4.78 is 11.6. The van der Waals surface area contributed by atoms with Crippen molar-refractivity contribution in [2.45, 2.75) is 13.5 Å². The number of hydrogen-bond acceptors (Lipinski definition) is 3. The van der Waals surface area contributed by atoms with Crippen LogP contribution in [0.15, 0.2) is 71.7 Å². The minimum atomic E-state index is 0.478. The number of halogens is 2. The predicted octanol–water partition coefficient (Wildman–Crippen LogP) is 6.72. The van der Waals surface area contributed by atoms with Gasteiger partial charge in [-0.1, -0.05) is 53.5 Å². The van der Waals surface area contributed by atoms with Gasteiger partial charge >= 0.3 is 0 Å². The Morgan fingerprint density at radius 2 is 1.67 bits per heavy atom. The first-order valence-corrected chi connectivity index (χ1v) is 9.34. The maximum absolute atomic E-state index is 6.03. The van der Waals surface area contributed by atoms with Gasteiger partial charge in [0, 0.05) is 6.21 Å². The molecule has 0 amide bonds. The Morgan fingerprint density at radius 3 is 2.41 bits per heavy atom. The molecule has 3 rings (SSSR count). The molecule has 0 atom stereocenters. The van der Waals surface area contributed by atoms with Gasteiger partial charge in [-0.2, -0.15) is 0 Å². The SMILES string of the molecule is CCOc1cc(C=Nc2ccc(Cl)c(Cl)c2)ccc1OCc1ccccc1. The summed E-state index contributed by atoms with van der Waals surface area (Å²) in [5.41, 5.74) is 2.73. The smallest absolute Gasteiger partial charge is 0.161 e. The van der Waals surface area contributed by atoms with Crippen molar-refractivity contribution >= 4 is 35.1 Å². The molecule has 0 heterocycles. The van der Waals surface area contributed by atoms with E-state index in [1.54, 1.807) is 18.3 Å². The highest BCUT2D eigenvalue weighted by molar-refractivity contribution is 6.42. The van der Waals surface area contributed by atoms with E-state index in [1.807, 2.05) is 61.5 Å². The van der Waals surface area contributed by atoms with Gasteiger partial charge in [-0.3, -0.25) is 4.99 Å². The monoisotopic (exact) mass is 399 g/mol. The normalized spacial score (nSPS) is 10.9. The van der Waals surface area contributed by atoms with Crippen molar-refractivity contribution in [3.8, 4) is 11.5 Å². The van der Waals surface area contributed by atoms with Gasteiger partial charge in [-0.25, -0.2) is 0 Å². The molecule has 0 aliphatic carbocycles. The summed E-state index contributed by atoms with van der Waals surface area (Å²) in [5, 5.41) is 0.986. The zero-order chi connectivity index (χ0) is 19.1. The summed E-state index contributed by atoms with van der Waals surface area (Å²) in [6.45, 7) is 2.98. The molecule has 0 bridgehead atoms. The van der Waals surface area contributed by atoms with Gasteiger partial charge in [0.05, 0.1) is 22.3 Å². The second kappa shape index (κ2) is 9.45. The molecule has 3 nitrogen and oxygen atoms in total. The lowest BCUT2D eigenvalue weighted by molar-refractivity contribution is 0.269. The molecule has 0 fully saturated rings. The van der Waals surface area contributed by atoms with Crippen molar-refractivity contribution < 1.29 is 9.47 Å². The molecule has 27 heavy (non-hydrogen) atoms. The van der Waals surface area contributed by atoms with Crippen molar-refractivity contribution in [1.29, 1.82) is 0 Å². The Hall–Kier alpha value is -2.49. The molecule has 0 aliphatic heterocycles. The molecule has 0 spiro atoms. The van der Waals surface area contributed by atoms with Crippen molar-refractivity contribution in [3.63, 3.8) is 0 Å². The molecule has 0 saturated carbocycles. The largest absolute Gasteiger partial charge is 0.490 e. The number of benzene rings is 3. The predicted molar refractivity (Wildman–Crippen MR) is 112 cm³/mol. The Kier molecular flexibility index (Phi) is 6.74. The van der Waals surface area contributed by atoms with Crippen LogP contribution < -0.4 is 9.47 Å². The summed E-state index contributed by atoms with van der Waals surface area (Å²) in [7, 11) is 0. The number of nitrogens with zero attached hydrogens (tertiary/aromatic N) is 1. The van der Waals surface area contributed by atoms with Crippen molar-refractivity contribution in [1.82, 2.24) is 0 Å². The Morgan fingerprint density at radius 1 is 0.852 bits per heavy atom. The Balaban J connectivity index is 1.75. The van der Waals surface area contributed by atoms with Crippen LogP contribution in [0.4, 0.5) is 5.69 Å². The van der Waals surface area contributed by atoms with Crippen LogP contribution in [0.3, 0.4) is 0 Å². The average molecular weight is 400 g/mol. The molecule has 5 heteroatoms. The fourth-order valence-electron chi connectivity index (χ4n) is 2.44. The zero-order valence-electron chi connectivity index (χ0n) is 14.9. The van der Waals surface area contributed by atoms with E-state index in [-0.39, 0.29) is 0 Å². The molecule has 0 saturated heterocycles. The number of aliphatic imine (C=N–C) groups is 1. The van der Waals surface area contributed by atoms with Crippen molar-refractivity contribution in [2.24, 2.45) is 4.99 Å². The van der Waals surface area contributed by atoms with Crippen LogP contribution in [0.25, 0.3) is 0 Å². The standard InChI is InChI=1S/C22H19Cl2NO2/c1-2-26-22-12-17(14-25-18-9-10-19(23)20(24)13-18)8-11-21(22)27-15-16-6-4-3-5-7-16/h3-14H,2,15H2,1H3. The van der Waals surface area contributed by atoms with E-state index in [2.05, 4.69) is 4.99 Å². The second-order valence-electron chi connectivity index (χ2n) is 5.77. The molecular weight excluding hydrogens is 381 g/mol. The van der Waals surface area contributed by atoms with Gasteiger partial charge in [0.25, 0.3) is 0 Å². The molecule has 0 aliphatic rings. The van der Waals surface area contributed by atoms with Gasteiger partial charge in [-0.05, 0) is 54.4 Å². The summed E-state index contributed by atoms with van der Waals surface area (Å²) in [4.78, 5) is 4.44. The lowest BCUT2D eigenvalue weighted by Crippen LogP contribution is -2.00. The van der Waals surface area contributed by atoms with E-state index in [9.17, 15) is 0 Å². The lowest BCUT2D eigenvalue weighted by atomic mass is 10.2. The molecule has 0 radical (unpaired) electrons. The third-order valence-corrected chi connectivity index (χ3v) is 4.51. The van der Waals surface area contributed by atoms with Crippen LogP contribution in [-0.4, -0.2) is 12.8 Å². The van der Waals surface area contributed by atoms with E-state index in [4.69, 9.17) is 32.7 Å². The lowest BCUT2D eigenvalue weighted by Gasteiger charge is -2.12. The van der Waals surface area contributed by atoms with Crippen LogP contribution in [0.1, 0.15) is 18.1 Å². The summed E-state index contributed by atoms with van der Waals surface area (Å²) in [6, 6.07) is 21.0. The van der Waals surface area contributed by atoms with Crippen LogP contribution in [0, 0.1) is 0 Å². The van der Waals surface area contributed by atoms with Gasteiger partial charge in [0.15, 0.2) is 11.5 Å². The molecule has 3 aromatic carbocycles. The molecular formula is C22H19Cl2NO2. The van der Waals surface area contributed by atoms with E-state index in [1.165, 1.54) is 0 Å². The molecule has 3 aromatic rings. The molecule has 0 unspecified atom stereocenters. The average Bonchev–Trinajstić information content (AvgIpc) is 2.69. The maximum Gasteiger partial charge on any atom is 0.161 e. The minimum absolute atomic E-state index is 0.478. The fourth-order valence-corrected chi connectivity index (χ4v) is 2.73. The van der Waals surface area contributed by atoms with E-state index in [0.717, 1.165) is 16.8 Å². The first-order chi connectivity index (χ1) is 13.2. The second-order valence-corrected chi connectivity index (χ2v) is 6.58. The Bertz CT molecular complexity index is 927. The Labute approximate surface area is 169 Å². The topological polar surface area (TPSA) is 30.8 Å². The first-order valence-electron chi connectivity index (χ1n) is 8.58. The highest BCUT2D eigenvalue weighted by Gasteiger charge is 2.07. The van der Waals surface area contributed by atoms with Gasteiger partial charge in [-0.15, -0.1) is 0 Å². The van der Waals surface area contributed by atoms with Crippen LogP contribution in [0.2, 0.25) is 10.0 Å². The third kappa shape index (κ3) is 5.49. The number of hydrogen-bond donors (Lipinski definition) is 0. The van der Waals surface area contributed by atoms with Gasteiger partial charge < -0.3 is 9.47 Å². The highest BCUT2D eigenvalue weighted by Crippen LogP contribution is 2.30.